The molecule has 8 heteroatoms. The number of hydrogen-bond donors (Lipinski definition) is 2. The summed E-state index contributed by atoms with van der Waals surface area (Å²) < 4.78 is 10.7. The minimum atomic E-state index is -0.0898. The van der Waals surface area contributed by atoms with Gasteiger partial charge in [0, 0.05) is 12.6 Å². The Bertz CT molecular complexity index is 568. The van der Waals surface area contributed by atoms with Crippen LogP contribution in [0.3, 0.4) is 0 Å². The average molecular weight is 350 g/mol. The van der Waals surface area contributed by atoms with Gasteiger partial charge in [-0.25, -0.2) is 4.98 Å². The van der Waals surface area contributed by atoms with Crippen LogP contribution in [0.25, 0.3) is 11.7 Å². The van der Waals surface area contributed by atoms with Crippen LogP contribution >= 0.6 is 24.8 Å². The second-order valence-corrected chi connectivity index (χ2v) is 4.79. The molecular formula is C14H21Cl2N3O3. The minimum absolute atomic E-state index is 0. The van der Waals surface area contributed by atoms with E-state index in [1.54, 1.807) is 25.3 Å². The van der Waals surface area contributed by atoms with Gasteiger partial charge in [0.1, 0.15) is 5.76 Å². The van der Waals surface area contributed by atoms with Crippen molar-refractivity contribution in [2.75, 3.05) is 6.54 Å². The number of furan rings is 1. The van der Waals surface area contributed by atoms with E-state index in [0.29, 0.717) is 29.6 Å². The van der Waals surface area contributed by atoms with Crippen LogP contribution in [0.1, 0.15) is 24.8 Å². The quantitative estimate of drug-likeness (QED) is 0.835. The fraction of sp³-hybridized carbons (Fsp3) is 0.429. The number of nitrogens with zero attached hydrogens (tertiary/aromatic N) is 1. The molecule has 6 nitrogen and oxygen atoms in total. The summed E-state index contributed by atoms with van der Waals surface area (Å²) in [6.45, 7) is 4.26. The van der Waals surface area contributed by atoms with Crippen molar-refractivity contribution in [1.82, 2.24) is 10.3 Å². The topological polar surface area (TPSA) is 94.3 Å². The van der Waals surface area contributed by atoms with Gasteiger partial charge >= 0.3 is 0 Å². The molecule has 0 saturated carbocycles. The van der Waals surface area contributed by atoms with Crippen molar-refractivity contribution in [3.05, 3.63) is 29.9 Å². The summed E-state index contributed by atoms with van der Waals surface area (Å²) >= 11 is 0. The van der Waals surface area contributed by atoms with Crippen molar-refractivity contribution < 1.29 is 13.6 Å². The summed E-state index contributed by atoms with van der Waals surface area (Å²) in [5, 5.41) is 2.81. The number of nitrogens with one attached hydrogen (secondary N) is 1. The van der Waals surface area contributed by atoms with Crippen LogP contribution in [0.15, 0.2) is 27.2 Å². The first-order valence-corrected chi connectivity index (χ1v) is 6.58. The molecule has 2 rings (SSSR count). The SMILES string of the molecule is Cc1oc(-c2ccco2)nc1CC(=O)NCCC(C)N.Cl.Cl. The number of rotatable bonds is 6. The van der Waals surface area contributed by atoms with Crippen molar-refractivity contribution in [3.8, 4) is 11.7 Å². The van der Waals surface area contributed by atoms with E-state index in [2.05, 4.69) is 10.3 Å². The summed E-state index contributed by atoms with van der Waals surface area (Å²) in [5.74, 6) is 1.48. The molecule has 1 unspecified atom stereocenters. The van der Waals surface area contributed by atoms with Crippen molar-refractivity contribution in [2.24, 2.45) is 5.73 Å². The van der Waals surface area contributed by atoms with Crippen LogP contribution in [0.5, 0.6) is 0 Å². The fourth-order valence-corrected chi connectivity index (χ4v) is 1.75. The predicted octanol–water partition coefficient (Wildman–Crippen LogP) is 2.48. The number of aromatic nitrogens is 1. The molecule has 0 aliphatic heterocycles. The third-order valence-corrected chi connectivity index (χ3v) is 2.87. The second-order valence-electron chi connectivity index (χ2n) is 4.79. The Morgan fingerprint density at radius 2 is 2.18 bits per heavy atom. The number of oxazole rings is 1. The first-order chi connectivity index (χ1) is 9.56. The Kier molecular flexibility index (Phi) is 8.86. The molecule has 0 aliphatic rings. The lowest BCUT2D eigenvalue weighted by atomic mass is 10.2. The molecule has 0 aliphatic carbocycles. The Balaban J connectivity index is 0.00000220. The van der Waals surface area contributed by atoms with Gasteiger partial charge < -0.3 is 19.9 Å². The zero-order chi connectivity index (χ0) is 14.5. The largest absolute Gasteiger partial charge is 0.459 e. The normalized spacial score (nSPS) is 11.2. The van der Waals surface area contributed by atoms with Gasteiger partial charge in [-0.1, -0.05) is 0 Å². The molecular weight excluding hydrogens is 329 g/mol. The van der Waals surface area contributed by atoms with Gasteiger partial charge in [-0.3, -0.25) is 4.79 Å². The van der Waals surface area contributed by atoms with E-state index >= 15 is 0 Å². The standard InChI is InChI=1S/C14H19N3O3.2ClH/c1-9(15)5-6-16-13(18)8-11-10(2)20-14(17-11)12-4-3-7-19-12;;/h3-4,7,9H,5-6,8,15H2,1-2H3,(H,16,18);2*1H. The van der Waals surface area contributed by atoms with Crippen molar-refractivity contribution in [3.63, 3.8) is 0 Å². The number of hydrogen-bond acceptors (Lipinski definition) is 5. The van der Waals surface area contributed by atoms with Crippen molar-refractivity contribution in [2.45, 2.75) is 32.7 Å². The van der Waals surface area contributed by atoms with Crippen molar-refractivity contribution >= 4 is 30.7 Å². The highest BCUT2D eigenvalue weighted by atomic mass is 35.5. The summed E-state index contributed by atoms with van der Waals surface area (Å²) in [4.78, 5) is 16.1. The third kappa shape index (κ3) is 5.71. The summed E-state index contributed by atoms with van der Waals surface area (Å²) in [7, 11) is 0. The highest BCUT2D eigenvalue weighted by molar-refractivity contribution is 5.85. The first kappa shape index (κ1) is 20.5. The Morgan fingerprint density at radius 3 is 2.77 bits per heavy atom. The molecule has 0 fully saturated rings. The molecule has 0 radical (unpaired) electrons. The lowest BCUT2D eigenvalue weighted by Crippen LogP contribution is -2.30. The number of halogens is 2. The summed E-state index contributed by atoms with van der Waals surface area (Å²) in [6, 6.07) is 3.60. The van der Waals surface area contributed by atoms with E-state index in [-0.39, 0.29) is 43.2 Å². The highest BCUT2D eigenvalue weighted by Gasteiger charge is 2.15. The average Bonchev–Trinajstić information content (AvgIpc) is 2.99. The smallest absolute Gasteiger partial charge is 0.263 e. The summed E-state index contributed by atoms with van der Waals surface area (Å²) in [6.07, 6.45) is 2.49. The molecule has 0 bridgehead atoms. The number of nitrogens with two attached hydrogens (primary N) is 1. The van der Waals surface area contributed by atoms with Crippen molar-refractivity contribution in [1.29, 1.82) is 0 Å². The highest BCUT2D eigenvalue weighted by Crippen LogP contribution is 2.22. The van der Waals surface area contributed by atoms with Gasteiger partial charge in [0.25, 0.3) is 5.89 Å². The zero-order valence-electron chi connectivity index (χ0n) is 12.5. The molecule has 0 aromatic carbocycles. The number of amides is 1. The zero-order valence-corrected chi connectivity index (χ0v) is 14.1. The molecule has 1 amide bonds. The minimum Gasteiger partial charge on any atom is -0.459 e. The Morgan fingerprint density at radius 1 is 1.45 bits per heavy atom. The molecule has 2 aromatic heterocycles. The molecule has 1 atom stereocenters. The molecule has 2 heterocycles. The molecule has 3 N–H and O–H groups in total. The van der Waals surface area contributed by atoms with Gasteiger partial charge in [0.05, 0.1) is 18.4 Å². The molecule has 2 aromatic rings. The Labute approximate surface area is 141 Å². The fourth-order valence-electron chi connectivity index (χ4n) is 1.75. The predicted molar refractivity (Wildman–Crippen MR) is 88.4 cm³/mol. The van der Waals surface area contributed by atoms with Crippen LogP contribution in [-0.2, 0) is 11.2 Å². The van der Waals surface area contributed by atoms with Gasteiger partial charge in [-0.15, -0.1) is 24.8 Å². The van der Waals surface area contributed by atoms with Crippen LogP contribution < -0.4 is 11.1 Å². The number of carbonyl (C=O) groups excluding carboxylic acids is 1. The molecule has 0 saturated heterocycles. The van der Waals surface area contributed by atoms with Gasteiger partial charge in [0.15, 0.2) is 5.76 Å². The maximum atomic E-state index is 11.8. The van der Waals surface area contributed by atoms with Crippen LogP contribution in [0, 0.1) is 6.92 Å². The number of aryl methyl sites for hydroxylation is 1. The molecule has 124 valence electrons. The maximum absolute atomic E-state index is 11.8. The van der Waals surface area contributed by atoms with E-state index in [1.807, 2.05) is 6.92 Å². The van der Waals surface area contributed by atoms with E-state index in [9.17, 15) is 4.79 Å². The van der Waals surface area contributed by atoms with Crippen LogP contribution in [0.4, 0.5) is 0 Å². The van der Waals surface area contributed by atoms with Gasteiger partial charge in [-0.2, -0.15) is 0 Å². The van der Waals surface area contributed by atoms with E-state index < -0.39 is 0 Å². The Hall–Kier alpha value is -1.50. The van der Waals surface area contributed by atoms with Crippen LogP contribution in [-0.4, -0.2) is 23.5 Å². The lowest BCUT2D eigenvalue weighted by molar-refractivity contribution is -0.120. The monoisotopic (exact) mass is 349 g/mol. The van der Waals surface area contributed by atoms with E-state index in [4.69, 9.17) is 14.6 Å². The lowest BCUT2D eigenvalue weighted by Gasteiger charge is -2.06. The van der Waals surface area contributed by atoms with E-state index in [1.165, 1.54) is 0 Å². The van der Waals surface area contributed by atoms with Gasteiger partial charge in [-0.05, 0) is 32.4 Å². The van der Waals surface area contributed by atoms with Crippen LogP contribution in [0.2, 0.25) is 0 Å². The second kappa shape index (κ2) is 9.50. The number of carbonyl (C=O) groups is 1. The van der Waals surface area contributed by atoms with Gasteiger partial charge in [0.2, 0.25) is 5.91 Å². The maximum Gasteiger partial charge on any atom is 0.263 e. The first-order valence-electron chi connectivity index (χ1n) is 6.58. The van der Waals surface area contributed by atoms with E-state index in [0.717, 1.165) is 6.42 Å². The summed E-state index contributed by atoms with van der Waals surface area (Å²) in [5.41, 5.74) is 6.24. The third-order valence-electron chi connectivity index (χ3n) is 2.87. The molecule has 0 spiro atoms. The molecule has 22 heavy (non-hydrogen) atoms.